The molecule has 27 heavy (non-hydrogen) atoms. The van der Waals surface area contributed by atoms with Crippen molar-refractivity contribution < 1.29 is 18.0 Å². The highest BCUT2D eigenvalue weighted by molar-refractivity contribution is 7.90. The second-order valence-corrected chi connectivity index (χ2v) is 8.86. The molecule has 2 aromatic rings. The first-order valence-corrected chi connectivity index (χ1v) is 10.6. The zero-order valence-corrected chi connectivity index (χ0v) is 16.1. The van der Waals surface area contributed by atoms with Crippen LogP contribution < -0.4 is 10.2 Å². The Bertz CT molecular complexity index is 950. The SMILES string of the molecule is CC1CCC(=O)N1c1ccc(NC(=O)Cc2ccc(S(C)(=O)=O)cc2)cc1. The minimum absolute atomic E-state index is 0.122. The summed E-state index contributed by atoms with van der Waals surface area (Å²) < 4.78 is 22.9. The molecule has 2 aromatic carbocycles. The summed E-state index contributed by atoms with van der Waals surface area (Å²) in [7, 11) is -3.24. The first-order chi connectivity index (χ1) is 12.7. The molecular weight excluding hydrogens is 364 g/mol. The molecule has 0 aromatic heterocycles. The maximum atomic E-state index is 12.2. The fourth-order valence-electron chi connectivity index (χ4n) is 3.18. The molecule has 142 valence electrons. The lowest BCUT2D eigenvalue weighted by molar-refractivity contribution is -0.117. The van der Waals surface area contributed by atoms with Gasteiger partial charge in [0.2, 0.25) is 11.8 Å². The van der Waals surface area contributed by atoms with Gasteiger partial charge >= 0.3 is 0 Å². The number of rotatable bonds is 5. The van der Waals surface area contributed by atoms with Crippen molar-refractivity contribution in [3.8, 4) is 0 Å². The number of nitrogens with zero attached hydrogens (tertiary/aromatic N) is 1. The van der Waals surface area contributed by atoms with Gasteiger partial charge in [-0.15, -0.1) is 0 Å². The molecule has 1 unspecified atom stereocenters. The van der Waals surface area contributed by atoms with E-state index in [4.69, 9.17) is 0 Å². The van der Waals surface area contributed by atoms with Crippen molar-refractivity contribution in [3.05, 3.63) is 54.1 Å². The van der Waals surface area contributed by atoms with Crippen LogP contribution in [0.25, 0.3) is 0 Å². The van der Waals surface area contributed by atoms with Gasteiger partial charge in [0.05, 0.1) is 11.3 Å². The number of hydrogen-bond acceptors (Lipinski definition) is 4. The van der Waals surface area contributed by atoms with Crippen molar-refractivity contribution in [3.63, 3.8) is 0 Å². The molecule has 0 saturated carbocycles. The first-order valence-electron chi connectivity index (χ1n) is 8.75. The summed E-state index contributed by atoms with van der Waals surface area (Å²) in [6.07, 6.45) is 2.72. The monoisotopic (exact) mass is 386 g/mol. The summed E-state index contributed by atoms with van der Waals surface area (Å²) in [6.45, 7) is 2.02. The van der Waals surface area contributed by atoms with E-state index in [1.165, 1.54) is 12.1 Å². The largest absolute Gasteiger partial charge is 0.326 e. The average molecular weight is 386 g/mol. The normalized spacial score (nSPS) is 17.2. The van der Waals surface area contributed by atoms with E-state index in [0.29, 0.717) is 12.1 Å². The first kappa shape index (κ1) is 19.1. The highest BCUT2D eigenvalue weighted by Crippen LogP contribution is 2.27. The second-order valence-electron chi connectivity index (χ2n) is 6.84. The number of benzene rings is 2. The molecule has 1 heterocycles. The van der Waals surface area contributed by atoms with E-state index in [1.807, 2.05) is 19.1 Å². The molecule has 1 saturated heterocycles. The molecule has 1 fully saturated rings. The van der Waals surface area contributed by atoms with Crippen LogP contribution in [0.1, 0.15) is 25.3 Å². The predicted octanol–water partition coefficient (Wildman–Crippen LogP) is 2.79. The quantitative estimate of drug-likeness (QED) is 0.856. The lowest BCUT2D eigenvalue weighted by Crippen LogP contribution is -2.30. The van der Waals surface area contributed by atoms with E-state index in [2.05, 4.69) is 5.32 Å². The summed E-state index contributed by atoms with van der Waals surface area (Å²) in [5.74, 6) is -0.0719. The number of hydrogen-bond donors (Lipinski definition) is 1. The minimum atomic E-state index is -3.24. The molecule has 1 atom stereocenters. The van der Waals surface area contributed by atoms with Crippen LogP contribution in [-0.2, 0) is 25.8 Å². The van der Waals surface area contributed by atoms with Crippen molar-refractivity contribution >= 4 is 33.0 Å². The van der Waals surface area contributed by atoms with E-state index in [1.54, 1.807) is 29.2 Å². The van der Waals surface area contributed by atoms with Crippen LogP contribution in [0.4, 0.5) is 11.4 Å². The summed E-state index contributed by atoms with van der Waals surface area (Å²) in [6, 6.07) is 13.7. The molecular formula is C20H22N2O4S. The van der Waals surface area contributed by atoms with Crippen LogP contribution in [0.15, 0.2) is 53.4 Å². The Kier molecular flexibility index (Phi) is 5.32. The number of amides is 2. The molecule has 7 heteroatoms. The van der Waals surface area contributed by atoms with Gasteiger partial charge in [-0.3, -0.25) is 9.59 Å². The number of sulfone groups is 1. The van der Waals surface area contributed by atoms with Gasteiger partial charge in [-0.1, -0.05) is 12.1 Å². The molecule has 3 rings (SSSR count). The molecule has 0 radical (unpaired) electrons. The fourth-order valence-corrected chi connectivity index (χ4v) is 3.81. The zero-order chi connectivity index (χ0) is 19.6. The predicted molar refractivity (Wildman–Crippen MR) is 105 cm³/mol. The van der Waals surface area contributed by atoms with E-state index in [-0.39, 0.29) is 29.2 Å². The van der Waals surface area contributed by atoms with Gasteiger partial charge in [0.15, 0.2) is 9.84 Å². The minimum Gasteiger partial charge on any atom is -0.326 e. The van der Waals surface area contributed by atoms with E-state index < -0.39 is 9.84 Å². The maximum Gasteiger partial charge on any atom is 0.228 e. The van der Waals surface area contributed by atoms with Crippen LogP contribution in [0, 0.1) is 0 Å². The van der Waals surface area contributed by atoms with Crippen molar-refractivity contribution in [2.75, 3.05) is 16.5 Å². The summed E-state index contributed by atoms with van der Waals surface area (Å²) in [5, 5.41) is 2.81. The molecule has 0 aliphatic carbocycles. The van der Waals surface area contributed by atoms with Crippen LogP contribution in [0.3, 0.4) is 0 Å². The van der Waals surface area contributed by atoms with Crippen LogP contribution in [-0.4, -0.2) is 32.5 Å². The second kappa shape index (κ2) is 7.52. The van der Waals surface area contributed by atoms with Crippen molar-refractivity contribution in [2.24, 2.45) is 0 Å². The average Bonchev–Trinajstić information content (AvgIpc) is 2.94. The summed E-state index contributed by atoms with van der Waals surface area (Å²) in [4.78, 5) is 26.2. The fraction of sp³-hybridized carbons (Fsp3) is 0.300. The maximum absolute atomic E-state index is 12.2. The number of carbonyl (C=O) groups excluding carboxylic acids is 2. The summed E-state index contributed by atoms with van der Waals surface area (Å²) in [5.41, 5.74) is 2.21. The van der Waals surface area contributed by atoms with Crippen LogP contribution >= 0.6 is 0 Å². The Labute approximate surface area is 159 Å². The van der Waals surface area contributed by atoms with Crippen molar-refractivity contribution in [1.29, 1.82) is 0 Å². The third kappa shape index (κ3) is 4.54. The molecule has 0 bridgehead atoms. The van der Waals surface area contributed by atoms with Gasteiger partial charge in [-0.25, -0.2) is 8.42 Å². The third-order valence-corrected chi connectivity index (χ3v) is 5.76. The highest BCUT2D eigenvalue weighted by Gasteiger charge is 2.28. The van der Waals surface area contributed by atoms with Gasteiger partial charge in [0, 0.05) is 30.1 Å². The lowest BCUT2D eigenvalue weighted by Gasteiger charge is -2.22. The Morgan fingerprint density at radius 1 is 1.11 bits per heavy atom. The molecule has 2 amide bonds. The molecule has 0 spiro atoms. The lowest BCUT2D eigenvalue weighted by atomic mass is 10.1. The summed E-state index contributed by atoms with van der Waals surface area (Å²) >= 11 is 0. The smallest absolute Gasteiger partial charge is 0.228 e. The zero-order valence-electron chi connectivity index (χ0n) is 15.3. The van der Waals surface area contributed by atoms with Crippen molar-refractivity contribution in [1.82, 2.24) is 0 Å². The van der Waals surface area contributed by atoms with E-state index in [0.717, 1.165) is 23.9 Å². The van der Waals surface area contributed by atoms with Gasteiger partial charge in [-0.2, -0.15) is 0 Å². The van der Waals surface area contributed by atoms with Gasteiger partial charge in [0.25, 0.3) is 0 Å². The third-order valence-electron chi connectivity index (χ3n) is 4.63. The van der Waals surface area contributed by atoms with Gasteiger partial charge in [0.1, 0.15) is 0 Å². The molecule has 6 nitrogen and oxygen atoms in total. The Morgan fingerprint density at radius 3 is 2.26 bits per heavy atom. The van der Waals surface area contributed by atoms with Crippen LogP contribution in [0.5, 0.6) is 0 Å². The Balaban J connectivity index is 1.62. The van der Waals surface area contributed by atoms with E-state index >= 15 is 0 Å². The standard InChI is InChI=1S/C20H22N2O4S/c1-14-3-12-20(24)22(14)17-8-6-16(7-9-17)21-19(23)13-15-4-10-18(11-5-15)27(2,25)26/h4-11,14H,3,12-13H2,1-2H3,(H,21,23). The van der Waals surface area contributed by atoms with Gasteiger partial charge in [-0.05, 0) is 55.3 Å². The molecule has 1 N–H and O–H groups in total. The molecule has 1 aliphatic heterocycles. The van der Waals surface area contributed by atoms with Gasteiger partial charge < -0.3 is 10.2 Å². The Hall–Kier alpha value is -2.67. The van der Waals surface area contributed by atoms with Crippen molar-refractivity contribution in [2.45, 2.75) is 37.1 Å². The number of carbonyl (C=O) groups is 2. The highest BCUT2D eigenvalue weighted by atomic mass is 32.2. The Morgan fingerprint density at radius 2 is 1.74 bits per heavy atom. The molecule has 1 aliphatic rings. The topological polar surface area (TPSA) is 83.6 Å². The van der Waals surface area contributed by atoms with Crippen LogP contribution in [0.2, 0.25) is 0 Å². The van der Waals surface area contributed by atoms with E-state index in [9.17, 15) is 18.0 Å². The number of nitrogens with one attached hydrogen (secondary N) is 1. The number of anilines is 2.